The summed E-state index contributed by atoms with van der Waals surface area (Å²) < 4.78 is 31.5. The fourth-order valence-corrected chi connectivity index (χ4v) is 6.04. The summed E-state index contributed by atoms with van der Waals surface area (Å²) in [6.07, 6.45) is 0.331. The van der Waals surface area contributed by atoms with Crippen molar-refractivity contribution in [2.24, 2.45) is 5.41 Å². The van der Waals surface area contributed by atoms with Crippen molar-refractivity contribution in [2.75, 3.05) is 5.32 Å². The number of nitrogens with zero attached hydrogens (tertiary/aromatic N) is 1. The Labute approximate surface area is 247 Å². The van der Waals surface area contributed by atoms with Crippen molar-refractivity contribution in [2.45, 2.75) is 57.5 Å². The van der Waals surface area contributed by atoms with Crippen molar-refractivity contribution in [3.8, 4) is 6.07 Å². The molecule has 3 N–H and O–H groups in total. The van der Waals surface area contributed by atoms with E-state index in [-0.39, 0.29) is 32.2 Å². The number of aromatic carboxylic acids is 1. The maximum atomic E-state index is 15.8. The van der Waals surface area contributed by atoms with E-state index in [1.165, 1.54) is 48.5 Å². The van der Waals surface area contributed by atoms with Gasteiger partial charge in [0.15, 0.2) is 0 Å². The van der Waals surface area contributed by atoms with Crippen molar-refractivity contribution in [1.82, 2.24) is 5.32 Å². The van der Waals surface area contributed by atoms with Gasteiger partial charge in [-0.3, -0.25) is 4.79 Å². The molecule has 3 aromatic carbocycles. The second kappa shape index (κ2) is 11.4. The molecule has 0 bridgehead atoms. The number of hydrogen-bond donors (Lipinski definition) is 3. The van der Waals surface area contributed by atoms with Crippen molar-refractivity contribution < 1.29 is 23.5 Å². The molecule has 1 amide bonds. The highest BCUT2D eigenvalue weighted by atomic mass is 35.5. The quantitative estimate of drug-likeness (QED) is 0.277. The highest BCUT2D eigenvalue weighted by Gasteiger charge is 2.61. The zero-order valence-electron chi connectivity index (χ0n) is 22.9. The molecular weight excluding hydrogens is 571 g/mol. The second-order valence-corrected chi connectivity index (χ2v) is 12.4. The molecule has 0 aromatic heterocycles. The van der Waals surface area contributed by atoms with Crippen LogP contribution in [0.3, 0.4) is 0 Å². The number of anilines is 1. The van der Waals surface area contributed by atoms with Gasteiger partial charge >= 0.3 is 5.97 Å². The van der Waals surface area contributed by atoms with Crippen molar-refractivity contribution in [3.63, 3.8) is 0 Å². The zero-order chi connectivity index (χ0) is 30.3. The Bertz CT molecular complexity index is 1570. The number of nitriles is 1. The molecule has 0 spiro atoms. The topological polar surface area (TPSA) is 102 Å². The Morgan fingerprint density at radius 3 is 2.41 bits per heavy atom. The Morgan fingerprint density at radius 1 is 1.12 bits per heavy atom. The van der Waals surface area contributed by atoms with Crippen LogP contribution < -0.4 is 10.6 Å². The number of rotatable bonds is 6. The SMILES string of the molecule is Cc1cc(C(=O)O)ccc1NC(=O)C1N[C@@H](CC(C)(C)C)[C@](C#N)(c2ccc(Cl)cc2F)[C@H]1c1cccc(Cl)c1F. The van der Waals surface area contributed by atoms with Gasteiger partial charge in [0.25, 0.3) is 0 Å². The molecule has 1 unspecified atom stereocenters. The van der Waals surface area contributed by atoms with E-state index < -0.39 is 46.9 Å². The van der Waals surface area contributed by atoms with Gasteiger partial charge in [0.2, 0.25) is 5.91 Å². The molecule has 4 atom stereocenters. The van der Waals surface area contributed by atoms with Crippen molar-refractivity contribution >= 4 is 40.8 Å². The van der Waals surface area contributed by atoms with E-state index in [0.29, 0.717) is 17.7 Å². The third kappa shape index (κ3) is 5.80. The van der Waals surface area contributed by atoms with Crippen LogP contribution in [0, 0.1) is 35.3 Å². The van der Waals surface area contributed by atoms with Crippen LogP contribution in [0.25, 0.3) is 0 Å². The molecule has 214 valence electrons. The number of carboxylic acid groups (broad SMARTS) is 1. The first kappa shape index (κ1) is 30.4. The minimum atomic E-state index is -1.75. The van der Waals surface area contributed by atoms with Crippen LogP contribution in [0.4, 0.5) is 14.5 Å². The van der Waals surface area contributed by atoms with Crippen molar-refractivity contribution in [1.29, 1.82) is 5.26 Å². The van der Waals surface area contributed by atoms with Gasteiger partial charge in [-0.25, -0.2) is 13.6 Å². The first-order chi connectivity index (χ1) is 19.2. The van der Waals surface area contributed by atoms with Crippen molar-refractivity contribution in [3.05, 3.63) is 98.5 Å². The van der Waals surface area contributed by atoms with E-state index in [0.717, 1.165) is 6.07 Å². The molecule has 3 aromatic rings. The van der Waals surface area contributed by atoms with Gasteiger partial charge in [-0.15, -0.1) is 0 Å². The summed E-state index contributed by atoms with van der Waals surface area (Å²) in [4.78, 5) is 25.4. The molecule has 1 fully saturated rings. The molecular formula is C31H29Cl2F2N3O3. The average Bonchev–Trinajstić information content (AvgIpc) is 3.19. The smallest absolute Gasteiger partial charge is 0.335 e. The van der Waals surface area contributed by atoms with Crippen LogP contribution in [-0.4, -0.2) is 29.1 Å². The number of halogens is 4. The van der Waals surface area contributed by atoms with E-state index in [4.69, 9.17) is 23.2 Å². The number of aryl methyl sites for hydroxylation is 1. The first-order valence-electron chi connectivity index (χ1n) is 12.9. The molecule has 41 heavy (non-hydrogen) atoms. The lowest BCUT2D eigenvalue weighted by Gasteiger charge is -2.37. The molecule has 6 nitrogen and oxygen atoms in total. The van der Waals surface area contributed by atoms with Gasteiger partial charge in [-0.1, -0.05) is 62.2 Å². The standard InChI is InChI=1S/C31H29Cl2F2N3O3/c1-16-12-17(29(40)41)8-11-23(16)37-28(39)27-25(19-6-5-7-21(33)26(19)35)31(15-36,24(38-27)14-30(2,3)4)20-10-9-18(32)13-22(20)34/h5-13,24-25,27,38H,14H2,1-4H3,(H,37,39)(H,40,41)/t24-,25-,27?,31-/m0/s1. The molecule has 0 saturated carbocycles. The molecule has 1 heterocycles. The Balaban J connectivity index is 1.94. The lowest BCUT2D eigenvalue weighted by atomic mass is 9.62. The number of benzene rings is 3. The second-order valence-electron chi connectivity index (χ2n) is 11.5. The van der Waals surface area contributed by atoms with Crippen LogP contribution in [0.1, 0.15) is 60.2 Å². The van der Waals surface area contributed by atoms with Gasteiger partial charge in [0.1, 0.15) is 17.0 Å². The predicted molar refractivity (Wildman–Crippen MR) is 154 cm³/mol. The van der Waals surface area contributed by atoms with E-state index >= 15 is 8.78 Å². The summed E-state index contributed by atoms with van der Waals surface area (Å²) in [5, 5.41) is 26.2. The Morgan fingerprint density at radius 2 is 1.83 bits per heavy atom. The summed E-state index contributed by atoms with van der Waals surface area (Å²) >= 11 is 12.2. The molecule has 4 rings (SSSR count). The van der Waals surface area contributed by atoms with Crippen LogP contribution in [0.2, 0.25) is 10.0 Å². The third-order valence-corrected chi connectivity index (χ3v) is 7.99. The fraction of sp³-hybridized carbons (Fsp3) is 0.323. The summed E-state index contributed by atoms with van der Waals surface area (Å²) in [7, 11) is 0. The predicted octanol–water partition coefficient (Wildman–Crippen LogP) is 7.24. The maximum Gasteiger partial charge on any atom is 0.335 e. The summed E-state index contributed by atoms with van der Waals surface area (Å²) in [5.41, 5.74) is -1.30. The lowest BCUT2D eigenvalue weighted by molar-refractivity contribution is -0.118. The molecule has 0 aliphatic carbocycles. The third-order valence-electron chi connectivity index (χ3n) is 7.46. The molecule has 1 aliphatic heterocycles. The normalized spacial score (nSPS) is 22.3. The lowest BCUT2D eigenvalue weighted by Crippen LogP contribution is -2.45. The van der Waals surface area contributed by atoms with Crippen LogP contribution >= 0.6 is 23.2 Å². The first-order valence-corrected chi connectivity index (χ1v) is 13.7. The Kier molecular flexibility index (Phi) is 8.47. The van der Waals surface area contributed by atoms with Gasteiger partial charge in [-0.05, 0) is 66.3 Å². The fourth-order valence-electron chi connectivity index (χ4n) is 5.70. The minimum absolute atomic E-state index is 0.0181. The summed E-state index contributed by atoms with van der Waals surface area (Å²) in [6.45, 7) is 7.49. The highest BCUT2D eigenvalue weighted by molar-refractivity contribution is 6.31. The number of carboxylic acids is 1. The monoisotopic (exact) mass is 599 g/mol. The number of carbonyl (C=O) groups is 2. The van der Waals surface area contributed by atoms with Crippen LogP contribution in [0.15, 0.2) is 54.6 Å². The van der Waals surface area contributed by atoms with E-state index in [9.17, 15) is 20.0 Å². The van der Waals surface area contributed by atoms with Gasteiger partial charge in [0.05, 0.1) is 22.7 Å². The largest absolute Gasteiger partial charge is 0.478 e. The number of carbonyl (C=O) groups excluding carboxylic acids is 1. The van der Waals surface area contributed by atoms with E-state index in [1.54, 1.807) is 6.92 Å². The van der Waals surface area contributed by atoms with E-state index in [2.05, 4.69) is 16.7 Å². The van der Waals surface area contributed by atoms with Crippen LogP contribution in [0.5, 0.6) is 0 Å². The number of amides is 1. The molecule has 1 saturated heterocycles. The zero-order valence-corrected chi connectivity index (χ0v) is 24.4. The minimum Gasteiger partial charge on any atom is -0.478 e. The van der Waals surface area contributed by atoms with Gasteiger partial charge in [-0.2, -0.15) is 5.26 Å². The maximum absolute atomic E-state index is 15.8. The Hall–Kier alpha value is -3.51. The van der Waals surface area contributed by atoms with E-state index in [1.807, 2.05) is 20.8 Å². The molecule has 0 radical (unpaired) electrons. The number of hydrogen-bond acceptors (Lipinski definition) is 4. The summed E-state index contributed by atoms with van der Waals surface area (Å²) in [6, 6.07) is 12.8. The van der Waals surface area contributed by atoms with Gasteiger partial charge in [0, 0.05) is 28.2 Å². The molecule has 1 aliphatic rings. The summed E-state index contributed by atoms with van der Waals surface area (Å²) in [5.74, 6) is -4.51. The number of nitrogens with one attached hydrogen (secondary N) is 2. The average molecular weight is 600 g/mol. The van der Waals surface area contributed by atoms with Gasteiger partial charge < -0.3 is 15.7 Å². The molecule has 10 heteroatoms. The van der Waals surface area contributed by atoms with Crippen LogP contribution in [-0.2, 0) is 10.2 Å². The highest BCUT2D eigenvalue weighted by Crippen LogP contribution is 2.53.